The van der Waals surface area contributed by atoms with Crippen LogP contribution in [0.2, 0.25) is 0 Å². The van der Waals surface area contributed by atoms with E-state index in [1.54, 1.807) is 6.08 Å². The molecule has 232 valence electrons. The van der Waals surface area contributed by atoms with Crippen molar-refractivity contribution in [2.75, 3.05) is 0 Å². The Morgan fingerprint density at radius 3 is 1.05 bits per heavy atom. The molecule has 0 aromatic carbocycles. The standard InChI is InChI=1S/C36H70O3/c1-3-5-7-9-11-13-15-17-19-21-23-25-27-29-31-33-35(37)34(36(38)39)32-30-28-26-24-22-20-18-16-14-12-10-8-6-4-2/h33-34,37H,3-32H2,1-2H3,(H,38,39)/b35-33-. The summed E-state index contributed by atoms with van der Waals surface area (Å²) in [5, 5.41) is 19.9. The molecule has 0 saturated carbocycles. The van der Waals surface area contributed by atoms with Gasteiger partial charge < -0.3 is 10.2 Å². The number of hydrogen-bond acceptors (Lipinski definition) is 2. The van der Waals surface area contributed by atoms with Crippen LogP contribution in [0.4, 0.5) is 0 Å². The molecule has 0 aromatic rings. The van der Waals surface area contributed by atoms with Gasteiger partial charge in [-0.05, 0) is 25.3 Å². The number of carboxylic acids is 1. The molecule has 0 aliphatic carbocycles. The molecule has 0 aliphatic rings. The van der Waals surface area contributed by atoms with E-state index in [1.807, 2.05) is 0 Å². The monoisotopic (exact) mass is 551 g/mol. The smallest absolute Gasteiger partial charge is 0.314 e. The van der Waals surface area contributed by atoms with Crippen LogP contribution in [0, 0.1) is 5.92 Å². The molecule has 0 heterocycles. The van der Waals surface area contributed by atoms with E-state index in [4.69, 9.17) is 0 Å². The van der Waals surface area contributed by atoms with Gasteiger partial charge in [-0.1, -0.05) is 187 Å². The van der Waals surface area contributed by atoms with Crippen molar-refractivity contribution in [3.63, 3.8) is 0 Å². The van der Waals surface area contributed by atoms with Crippen LogP contribution in [0.3, 0.4) is 0 Å². The molecule has 3 nitrogen and oxygen atoms in total. The summed E-state index contributed by atoms with van der Waals surface area (Å²) in [6.45, 7) is 4.55. The van der Waals surface area contributed by atoms with Crippen molar-refractivity contribution in [2.24, 2.45) is 5.92 Å². The second-order valence-corrected chi connectivity index (χ2v) is 12.3. The minimum absolute atomic E-state index is 0.0897. The Morgan fingerprint density at radius 2 is 0.744 bits per heavy atom. The molecular weight excluding hydrogens is 480 g/mol. The molecule has 0 aliphatic heterocycles. The van der Waals surface area contributed by atoms with Crippen LogP contribution in [-0.2, 0) is 4.79 Å². The molecular formula is C36H70O3. The Bertz CT molecular complexity index is 527. The second-order valence-electron chi connectivity index (χ2n) is 12.3. The Hall–Kier alpha value is -0.990. The zero-order chi connectivity index (χ0) is 28.7. The molecule has 0 rings (SSSR count). The lowest BCUT2D eigenvalue weighted by Crippen LogP contribution is -2.16. The second kappa shape index (κ2) is 31.5. The SMILES string of the molecule is CCCCCCCCCCCCCCCC/C=C(\O)C(CCCCCCCCCCCCCCCC)C(=O)O. The van der Waals surface area contributed by atoms with Crippen molar-refractivity contribution in [3.05, 3.63) is 11.8 Å². The van der Waals surface area contributed by atoms with Gasteiger partial charge in [0.05, 0.1) is 0 Å². The lowest BCUT2D eigenvalue weighted by atomic mass is 9.97. The van der Waals surface area contributed by atoms with Crippen molar-refractivity contribution in [1.29, 1.82) is 0 Å². The summed E-state index contributed by atoms with van der Waals surface area (Å²) in [5.41, 5.74) is 0. The van der Waals surface area contributed by atoms with E-state index >= 15 is 0 Å². The van der Waals surface area contributed by atoms with Crippen molar-refractivity contribution < 1.29 is 15.0 Å². The maximum atomic E-state index is 11.7. The summed E-state index contributed by atoms with van der Waals surface area (Å²) >= 11 is 0. The molecule has 1 atom stereocenters. The van der Waals surface area contributed by atoms with E-state index in [2.05, 4.69) is 13.8 Å². The average molecular weight is 551 g/mol. The largest absolute Gasteiger partial charge is 0.512 e. The topological polar surface area (TPSA) is 57.5 Å². The zero-order valence-corrected chi connectivity index (χ0v) is 26.7. The molecule has 0 saturated heterocycles. The van der Waals surface area contributed by atoms with Gasteiger partial charge in [-0.25, -0.2) is 0 Å². The molecule has 0 aromatic heterocycles. The summed E-state index contributed by atoms with van der Waals surface area (Å²) in [5.74, 6) is -1.50. The molecule has 39 heavy (non-hydrogen) atoms. The van der Waals surface area contributed by atoms with Crippen LogP contribution < -0.4 is 0 Å². The third-order valence-corrected chi connectivity index (χ3v) is 8.41. The van der Waals surface area contributed by atoms with Gasteiger partial charge in [0.2, 0.25) is 0 Å². The average Bonchev–Trinajstić information content (AvgIpc) is 2.92. The van der Waals surface area contributed by atoms with Crippen LogP contribution in [-0.4, -0.2) is 16.2 Å². The molecule has 2 N–H and O–H groups in total. The minimum Gasteiger partial charge on any atom is -0.512 e. The minimum atomic E-state index is -0.876. The van der Waals surface area contributed by atoms with E-state index in [9.17, 15) is 15.0 Å². The summed E-state index contributed by atoms with van der Waals surface area (Å²) in [6.07, 6.45) is 40.0. The van der Waals surface area contributed by atoms with E-state index in [0.717, 1.165) is 25.7 Å². The highest BCUT2D eigenvalue weighted by atomic mass is 16.4. The van der Waals surface area contributed by atoms with Crippen LogP contribution in [0.15, 0.2) is 11.8 Å². The lowest BCUT2D eigenvalue weighted by Gasteiger charge is -2.12. The molecule has 0 amide bonds. The Balaban J connectivity index is 3.61. The summed E-state index contributed by atoms with van der Waals surface area (Å²) in [4.78, 5) is 11.7. The number of allylic oxidation sites excluding steroid dienone is 1. The number of unbranched alkanes of at least 4 members (excludes halogenated alkanes) is 27. The molecule has 0 spiro atoms. The number of carbonyl (C=O) groups is 1. The molecule has 0 fully saturated rings. The van der Waals surface area contributed by atoms with Gasteiger partial charge in [0.1, 0.15) is 11.7 Å². The van der Waals surface area contributed by atoms with E-state index in [0.29, 0.717) is 6.42 Å². The first kappa shape index (κ1) is 38.0. The number of aliphatic carboxylic acids is 1. The molecule has 0 bridgehead atoms. The normalized spacial score (nSPS) is 12.7. The fraction of sp³-hybridized carbons (Fsp3) is 0.917. The maximum absolute atomic E-state index is 11.7. The van der Waals surface area contributed by atoms with Gasteiger partial charge in [-0.15, -0.1) is 0 Å². The predicted octanol–water partition coefficient (Wildman–Crippen LogP) is 12.9. The summed E-state index contributed by atoms with van der Waals surface area (Å²) < 4.78 is 0. The van der Waals surface area contributed by atoms with E-state index in [-0.39, 0.29) is 5.76 Å². The van der Waals surface area contributed by atoms with Crippen LogP contribution in [0.1, 0.15) is 206 Å². The number of aliphatic hydroxyl groups excluding tert-OH is 1. The molecule has 3 heteroatoms. The number of carboxylic acid groups (broad SMARTS) is 1. The van der Waals surface area contributed by atoms with Gasteiger partial charge in [0, 0.05) is 0 Å². The van der Waals surface area contributed by atoms with Crippen LogP contribution in [0.5, 0.6) is 0 Å². The number of aliphatic hydroxyl groups is 1. The van der Waals surface area contributed by atoms with Crippen LogP contribution in [0.25, 0.3) is 0 Å². The zero-order valence-electron chi connectivity index (χ0n) is 26.7. The lowest BCUT2D eigenvalue weighted by molar-refractivity contribution is -0.141. The summed E-state index contributed by atoms with van der Waals surface area (Å²) in [6, 6.07) is 0. The summed E-state index contributed by atoms with van der Waals surface area (Å²) in [7, 11) is 0. The van der Waals surface area contributed by atoms with Gasteiger partial charge in [-0.2, -0.15) is 0 Å². The maximum Gasteiger partial charge on any atom is 0.314 e. The van der Waals surface area contributed by atoms with Gasteiger partial charge in [0.15, 0.2) is 0 Å². The van der Waals surface area contributed by atoms with Crippen molar-refractivity contribution in [1.82, 2.24) is 0 Å². The number of rotatable bonds is 32. The van der Waals surface area contributed by atoms with Gasteiger partial charge in [0.25, 0.3) is 0 Å². The van der Waals surface area contributed by atoms with Crippen molar-refractivity contribution in [3.8, 4) is 0 Å². The Kier molecular flexibility index (Phi) is 30.7. The van der Waals surface area contributed by atoms with Gasteiger partial charge >= 0.3 is 5.97 Å². The molecule has 1 unspecified atom stereocenters. The highest BCUT2D eigenvalue weighted by Gasteiger charge is 2.21. The first-order chi connectivity index (χ1) is 19.1. The van der Waals surface area contributed by atoms with Gasteiger partial charge in [-0.3, -0.25) is 4.79 Å². The first-order valence-corrected chi connectivity index (χ1v) is 17.7. The van der Waals surface area contributed by atoms with Crippen molar-refractivity contribution in [2.45, 2.75) is 206 Å². The Morgan fingerprint density at radius 1 is 0.462 bits per heavy atom. The predicted molar refractivity (Wildman–Crippen MR) is 172 cm³/mol. The number of hydrogen-bond donors (Lipinski definition) is 2. The quantitative estimate of drug-likeness (QED) is 0.0646. The first-order valence-electron chi connectivity index (χ1n) is 17.7. The van der Waals surface area contributed by atoms with E-state index < -0.39 is 11.9 Å². The third kappa shape index (κ3) is 28.3. The Labute approximate surface area is 245 Å². The van der Waals surface area contributed by atoms with Crippen molar-refractivity contribution >= 4 is 5.97 Å². The highest BCUT2D eigenvalue weighted by molar-refractivity contribution is 5.72. The molecule has 0 radical (unpaired) electrons. The fourth-order valence-corrected chi connectivity index (χ4v) is 5.67. The highest BCUT2D eigenvalue weighted by Crippen LogP contribution is 2.20. The van der Waals surface area contributed by atoms with E-state index in [1.165, 1.54) is 161 Å². The third-order valence-electron chi connectivity index (χ3n) is 8.41. The fourth-order valence-electron chi connectivity index (χ4n) is 5.67. The van der Waals surface area contributed by atoms with Crippen LogP contribution >= 0.6 is 0 Å².